The number of hydrogen-bond acceptors (Lipinski definition) is 7. The third-order valence-corrected chi connectivity index (χ3v) is 4.87. The normalized spacial score (nSPS) is 21.2. The van der Waals surface area contributed by atoms with Crippen LogP contribution in [0.4, 0.5) is 11.8 Å². The summed E-state index contributed by atoms with van der Waals surface area (Å²) in [5, 5.41) is 25.6. The van der Waals surface area contributed by atoms with E-state index < -0.39 is 0 Å². The molecule has 2 heterocycles. The smallest absolute Gasteiger partial charge is 0.224 e. The molecule has 0 unspecified atom stereocenters. The zero-order valence-electron chi connectivity index (χ0n) is 14.5. The molecular weight excluding hydrogens is 318 g/mol. The number of aryl methyl sites for hydroxylation is 1. The summed E-state index contributed by atoms with van der Waals surface area (Å²) >= 11 is 0. The molecule has 132 valence electrons. The van der Waals surface area contributed by atoms with Crippen molar-refractivity contribution in [1.29, 1.82) is 5.26 Å². The highest BCUT2D eigenvalue weighted by Crippen LogP contribution is 2.42. The van der Waals surface area contributed by atoms with Gasteiger partial charge in [0.15, 0.2) is 0 Å². The molecule has 1 aliphatic rings. The third kappa shape index (κ3) is 3.72. The lowest BCUT2D eigenvalue weighted by molar-refractivity contribution is -0.0511. The van der Waals surface area contributed by atoms with Crippen LogP contribution in [0.1, 0.15) is 32.3 Å². The second-order valence-electron chi connectivity index (χ2n) is 6.92. The Kier molecular flexibility index (Phi) is 4.86. The second kappa shape index (κ2) is 7.07. The summed E-state index contributed by atoms with van der Waals surface area (Å²) in [5.41, 5.74) is 0.164. The average Bonchev–Trinajstić information content (AvgIpc) is 3.12. The molecule has 0 spiro atoms. The molecule has 0 aromatic carbocycles. The Hall–Kier alpha value is -2.66. The van der Waals surface area contributed by atoms with Gasteiger partial charge in [0.05, 0.1) is 18.6 Å². The van der Waals surface area contributed by atoms with Gasteiger partial charge in [0.25, 0.3) is 0 Å². The van der Waals surface area contributed by atoms with Crippen molar-refractivity contribution in [3.8, 4) is 6.07 Å². The molecule has 8 heteroatoms. The van der Waals surface area contributed by atoms with E-state index in [2.05, 4.69) is 31.7 Å². The van der Waals surface area contributed by atoms with Crippen LogP contribution < -0.4 is 10.6 Å². The maximum Gasteiger partial charge on any atom is 0.224 e. The predicted molar refractivity (Wildman–Crippen MR) is 93.9 cm³/mol. The maximum absolute atomic E-state index is 9.87. The topological polar surface area (TPSA) is 112 Å². The van der Waals surface area contributed by atoms with Crippen LogP contribution in [0.25, 0.3) is 0 Å². The van der Waals surface area contributed by atoms with E-state index in [-0.39, 0.29) is 17.6 Å². The van der Waals surface area contributed by atoms with E-state index >= 15 is 0 Å². The quantitative estimate of drug-likeness (QED) is 0.656. The summed E-state index contributed by atoms with van der Waals surface area (Å²) in [6, 6.07) is 2.19. The van der Waals surface area contributed by atoms with Crippen LogP contribution in [0, 0.1) is 16.7 Å². The summed E-state index contributed by atoms with van der Waals surface area (Å²) in [7, 11) is 0. The van der Waals surface area contributed by atoms with Crippen molar-refractivity contribution in [3.63, 3.8) is 0 Å². The lowest BCUT2D eigenvalue weighted by Gasteiger charge is -2.49. The van der Waals surface area contributed by atoms with Crippen molar-refractivity contribution in [2.24, 2.45) is 5.41 Å². The summed E-state index contributed by atoms with van der Waals surface area (Å²) in [6.07, 6.45) is 8.21. The number of aromatic nitrogens is 4. The third-order valence-electron chi connectivity index (χ3n) is 4.87. The highest BCUT2D eigenvalue weighted by molar-refractivity contribution is 5.54. The minimum Gasteiger partial charge on any atom is -0.392 e. The number of nitrogens with one attached hydrogen (secondary N) is 2. The van der Waals surface area contributed by atoms with Crippen LogP contribution in [0.2, 0.25) is 0 Å². The van der Waals surface area contributed by atoms with Crippen LogP contribution in [0.5, 0.6) is 0 Å². The molecule has 8 nitrogen and oxygen atoms in total. The van der Waals surface area contributed by atoms with E-state index in [0.717, 1.165) is 19.5 Å². The van der Waals surface area contributed by atoms with Gasteiger partial charge in [0, 0.05) is 36.9 Å². The number of nitriles is 1. The summed E-state index contributed by atoms with van der Waals surface area (Å²) in [6.45, 7) is 5.59. The number of aliphatic hydroxyl groups is 1. The summed E-state index contributed by atoms with van der Waals surface area (Å²) in [5.74, 6) is 1.00. The van der Waals surface area contributed by atoms with Gasteiger partial charge in [0.1, 0.15) is 17.5 Å². The number of rotatable bonds is 7. The predicted octanol–water partition coefficient (Wildman–Crippen LogP) is 1.62. The highest BCUT2D eigenvalue weighted by Gasteiger charge is 2.47. The summed E-state index contributed by atoms with van der Waals surface area (Å²) < 4.78 is 2.01. The van der Waals surface area contributed by atoms with E-state index in [1.807, 2.05) is 24.6 Å². The molecule has 0 aliphatic heterocycles. The lowest BCUT2D eigenvalue weighted by Crippen LogP contribution is -2.57. The van der Waals surface area contributed by atoms with Gasteiger partial charge in [-0.1, -0.05) is 13.8 Å². The van der Waals surface area contributed by atoms with Gasteiger partial charge >= 0.3 is 0 Å². The first-order valence-electron chi connectivity index (χ1n) is 8.42. The SMILES string of the molecule is CC1(C)[C@@H](O)C[C@H]1Nc1nc(NCCCn2ccnc2)ncc1C#N. The van der Waals surface area contributed by atoms with Gasteiger partial charge < -0.3 is 20.3 Å². The molecule has 1 aliphatic carbocycles. The standard InChI is InChI=1S/C17H23N7O/c1-17(2)13(8-14(17)25)22-15-12(9-18)10-21-16(23-15)20-4-3-6-24-7-5-19-11-24/h5,7,10-11,13-14,25H,3-4,6,8H2,1-2H3,(H2,20,21,22,23)/t13-,14+/m1/s1. The number of anilines is 2. The van der Waals surface area contributed by atoms with E-state index in [0.29, 0.717) is 23.8 Å². The molecule has 0 amide bonds. The van der Waals surface area contributed by atoms with Crippen molar-refractivity contribution >= 4 is 11.8 Å². The Balaban J connectivity index is 1.59. The number of hydrogen-bond donors (Lipinski definition) is 3. The molecule has 0 radical (unpaired) electrons. The fourth-order valence-electron chi connectivity index (χ4n) is 2.85. The van der Waals surface area contributed by atoms with Gasteiger partial charge in [-0.2, -0.15) is 10.2 Å². The van der Waals surface area contributed by atoms with Crippen molar-refractivity contribution in [1.82, 2.24) is 19.5 Å². The van der Waals surface area contributed by atoms with Gasteiger partial charge in [-0.15, -0.1) is 0 Å². The average molecular weight is 341 g/mol. The maximum atomic E-state index is 9.87. The Morgan fingerprint density at radius 1 is 1.48 bits per heavy atom. The van der Waals surface area contributed by atoms with Gasteiger partial charge in [-0.05, 0) is 12.8 Å². The zero-order chi connectivity index (χ0) is 17.9. The molecule has 2 aromatic heterocycles. The number of aliphatic hydroxyl groups excluding tert-OH is 1. The molecule has 2 atom stereocenters. The molecule has 1 saturated carbocycles. The van der Waals surface area contributed by atoms with Crippen molar-refractivity contribution in [2.45, 2.75) is 45.4 Å². The van der Waals surface area contributed by atoms with Gasteiger partial charge in [-0.25, -0.2) is 9.97 Å². The van der Waals surface area contributed by atoms with E-state index in [9.17, 15) is 10.4 Å². The Morgan fingerprint density at radius 3 is 2.96 bits per heavy atom. The van der Waals surface area contributed by atoms with Crippen molar-refractivity contribution < 1.29 is 5.11 Å². The monoisotopic (exact) mass is 341 g/mol. The molecule has 2 aromatic rings. The van der Waals surface area contributed by atoms with Gasteiger partial charge in [-0.3, -0.25) is 0 Å². The van der Waals surface area contributed by atoms with Gasteiger partial charge in [0.2, 0.25) is 5.95 Å². The Bertz CT molecular complexity index is 751. The first-order chi connectivity index (χ1) is 12.0. The first kappa shape index (κ1) is 17.2. The molecule has 3 N–H and O–H groups in total. The Labute approximate surface area is 146 Å². The minimum atomic E-state index is -0.335. The zero-order valence-corrected chi connectivity index (χ0v) is 14.5. The minimum absolute atomic E-state index is 0.0820. The molecule has 1 fully saturated rings. The number of nitrogens with zero attached hydrogens (tertiary/aromatic N) is 5. The fourth-order valence-corrected chi connectivity index (χ4v) is 2.85. The van der Waals surface area contributed by atoms with Crippen LogP contribution in [-0.4, -0.2) is 43.3 Å². The molecule has 25 heavy (non-hydrogen) atoms. The second-order valence-corrected chi connectivity index (χ2v) is 6.92. The van der Waals surface area contributed by atoms with Crippen LogP contribution in [0.15, 0.2) is 24.9 Å². The largest absolute Gasteiger partial charge is 0.392 e. The van der Waals surface area contributed by atoms with E-state index in [4.69, 9.17) is 0 Å². The summed E-state index contributed by atoms with van der Waals surface area (Å²) in [4.78, 5) is 12.6. The lowest BCUT2D eigenvalue weighted by atomic mass is 9.64. The van der Waals surface area contributed by atoms with Crippen LogP contribution in [-0.2, 0) is 6.54 Å². The molecule has 0 saturated heterocycles. The molecule has 3 rings (SSSR count). The molecule has 0 bridgehead atoms. The fraction of sp³-hybridized carbons (Fsp3) is 0.529. The van der Waals surface area contributed by atoms with E-state index in [1.165, 1.54) is 6.20 Å². The highest BCUT2D eigenvalue weighted by atomic mass is 16.3. The molecular formula is C17H23N7O. The number of imidazole rings is 1. The first-order valence-corrected chi connectivity index (χ1v) is 8.42. The Morgan fingerprint density at radius 2 is 2.32 bits per heavy atom. The van der Waals surface area contributed by atoms with Crippen LogP contribution >= 0.6 is 0 Å². The van der Waals surface area contributed by atoms with Crippen LogP contribution in [0.3, 0.4) is 0 Å². The van der Waals surface area contributed by atoms with E-state index in [1.54, 1.807) is 12.5 Å². The van der Waals surface area contributed by atoms with Crippen molar-refractivity contribution in [2.75, 3.05) is 17.2 Å². The van der Waals surface area contributed by atoms with Crippen molar-refractivity contribution in [3.05, 3.63) is 30.5 Å².